The normalized spacial score (nSPS) is 20.5. The Morgan fingerprint density at radius 3 is 2.35 bits per heavy atom. The van der Waals surface area contributed by atoms with Gasteiger partial charge in [0.05, 0.1) is 0 Å². The Morgan fingerprint density at radius 1 is 1.18 bits per heavy atom. The summed E-state index contributed by atoms with van der Waals surface area (Å²) in [6, 6.07) is 0.441. The van der Waals surface area contributed by atoms with Crippen LogP contribution in [0.15, 0.2) is 0 Å². The van der Waals surface area contributed by atoms with Crippen molar-refractivity contribution in [2.75, 3.05) is 13.2 Å². The van der Waals surface area contributed by atoms with Gasteiger partial charge in [0, 0.05) is 12.6 Å². The first-order valence-electron chi connectivity index (χ1n) is 7.38. The summed E-state index contributed by atoms with van der Waals surface area (Å²) >= 11 is 0. The lowest BCUT2D eigenvalue weighted by atomic mass is 9.84. The number of hydrogen-bond acceptors (Lipinski definition) is 2. The quantitative estimate of drug-likeness (QED) is 0.747. The fraction of sp³-hybridized carbons (Fsp3) is 1.00. The van der Waals surface area contributed by atoms with Gasteiger partial charge < -0.3 is 10.4 Å². The summed E-state index contributed by atoms with van der Waals surface area (Å²) in [4.78, 5) is 0. The third-order valence-corrected chi connectivity index (χ3v) is 4.13. The Bertz CT molecular complexity index is 192. The lowest BCUT2D eigenvalue weighted by molar-refractivity contribution is 0.193. The minimum atomic E-state index is 0.245. The summed E-state index contributed by atoms with van der Waals surface area (Å²) in [7, 11) is 0. The van der Waals surface area contributed by atoms with Gasteiger partial charge in [0.2, 0.25) is 0 Å². The van der Waals surface area contributed by atoms with E-state index in [0.717, 1.165) is 18.9 Å². The van der Waals surface area contributed by atoms with Crippen molar-refractivity contribution in [3.63, 3.8) is 0 Å². The van der Waals surface area contributed by atoms with Crippen LogP contribution in [0.5, 0.6) is 0 Å². The van der Waals surface area contributed by atoms with Gasteiger partial charge in [-0.3, -0.25) is 0 Å². The third-order valence-electron chi connectivity index (χ3n) is 4.13. The summed E-state index contributed by atoms with van der Waals surface area (Å²) in [5, 5.41) is 12.8. The average Bonchev–Trinajstić information content (AvgIpc) is 2.28. The van der Waals surface area contributed by atoms with Crippen molar-refractivity contribution in [3.8, 4) is 0 Å². The van der Waals surface area contributed by atoms with E-state index >= 15 is 0 Å². The minimum Gasteiger partial charge on any atom is -0.396 e. The van der Waals surface area contributed by atoms with Gasteiger partial charge in [-0.05, 0) is 30.7 Å². The van der Waals surface area contributed by atoms with E-state index in [9.17, 15) is 0 Å². The van der Waals surface area contributed by atoms with Crippen LogP contribution >= 0.6 is 0 Å². The number of aliphatic hydroxyl groups is 1. The fourth-order valence-electron chi connectivity index (χ4n) is 2.91. The molecule has 0 saturated heterocycles. The van der Waals surface area contributed by atoms with E-state index in [0.29, 0.717) is 12.6 Å². The second-order valence-corrected chi connectivity index (χ2v) is 6.68. The van der Waals surface area contributed by atoms with Gasteiger partial charge in [-0.2, -0.15) is 0 Å². The first-order valence-corrected chi connectivity index (χ1v) is 7.38. The third kappa shape index (κ3) is 5.87. The highest BCUT2D eigenvalue weighted by Gasteiger charge is 2.23. The van der Waals surface area contributed by atoms with Crippen molar-refractivity contribution in [1.82, 2.24) is 5.32 Å². The molecule has 2 heteroatoms. The topological polar surface area (TPSA) is 32.3 Å². The van der Waals surface area contributed by atoms with Gasteiger partial charge in [-0.1, -0.05) is 52.9 Å². The number of aliphatic hydroxyl groups excluding tert-OH is 1. The molecule has 1 rings (SSSR count). The molecular formula is C15H31NO. The Labute approximate surface area is 107 Å². The van der Waals surface area contributed by atoms with Crippen LogP contribution in [0.3, 0.4) is 0 Å². The van der Waals surface area contributed by atoms with Crippen LogP contribution in [-0.4, -0.2) is 24.3 Å². The maximum atomic E-state index is 9.11. The summed E-state index contributed by atoms with van der Waals surface area (Å²) in [6.45, 7) is 8.16. The molecule has 1 fully saturated rings. The van der Waals surface area contributed by atoms with Gasteiger partial charge in [-0.15, -0.1) is 0 Å². The van der Waals surface area contributed by atoms with Crippen molar-refractivity contribution in [2.45, 2.75) is 71.8 Å². The zero-order chi connectivity index (χ0) is 12.7. The van der Waals surface area contributed by atoms with Crippen LogP contribution in [0, 0.1) is 11.3 Å². The largest absolute Gasteiger partial charge is 0.396 e. The highest BCUT2D eigenvalue weighted by Crippen LogP contribution is 2.26. The SMILES string of the molecule is CC(C)(C)C(CCO)NCCC1CCCCC1. The van der Waals surface area contributed by atoms with E-state index in [4.69, 9.17) is 5.11 Å². The Balaban J connectivity index is 2.21. The molecule has 1 unspecified atom stereocenters. The summed E-state index contributed by atoms with van der Waals surface area (Å²) < 4.78 is 0. The number of hydrogen-bond donors (Lipinski definition) is 2. The van der Waals surface area contributed by atoms with Gasteiger partial charge >= 0.3 is 0 Å². The van der Waals surface area contributed by atoms with Crippen molar-refractivity contribution in [2.24, 2.45) is 11.3 Å². The Kier molecular flexibility index (Phi) is 6.50. The van der Waals surface area contributed by atoms with Crippen molar-refractivity contribution < 1.29 is 5.11 Å². The molecule has 1 saturated carbocycles. The molecule has 0 aromatic rings. The van der Waals surface area contributed by atoms with E-state index in [-0.39, 0.29) is 5.41 Å². The lowest BCUT2D eigenvalue weighted by Gasteiger charge is -2.32. The van der Waals surface area contributed by atoms with Crippen LogP contribution in [0.2, 0.25) is 0 Å². The summed E-state index contributed by atoms with van der Waals surface area (Å²) in [5.74, 6) is 0.950. The molecule has 2 nitrogen and oxygen atoms in total. The predicted molar refractivity (Wildman–Crippen MR) is 74.1 cm³/mol. The highest BCUT2D eigenvalue weighted by molar-refractivity contribution is 4.80. The molecule has 0 aromatic carbocycles. The maximum absolute atomic E-state index is 9.11. The second kappa shape index (κ2) is 7.38. The molecule has 0 spiro atoms. The minimum absolute atomic E-state index is 0.245. The van der Waals surface area contributed by atoms with E-state index < -0.39 is 0 Å². The molecule has 2 N–H and O–H groups in total. The lowest BCUT2D eigenvalue weighted by Crippen LogP contribution is -2.41. The summed E-state index contributed by atoms with van der Waals surface area (Å²) in [5.41, 5.74) is 0.245. The number of nitrogens with one attached hydrogen (secondary N) is 1. The number of rotatable bonds is 6. The predicted octanol–water partition coefficient (Wildman–Crippen LogP) is 3.34. The monoisotopic (exact) mass is 241 g/mol. The average molecular weight is 241 g/mol. The van der Waals surface area contributed by atoms with Crippen LogP contribution < -0.4 is 5.32 Å². The van der Waals surface area contributed by atoms with Gasteiger partial charge in [0.15, 0.2) is 0 Å². The molecule has 17 heavy (non-hydrogen) atoms. The first kappa shape index (κ1) is 15.0. The molecular weight excluding hydrogens is 210 g/mol. The molecule has 0 amide bonds. The van der Waals surface area contributed by atoms with Crippen LogP contribution in [0.25, 0.3) is 0 Å². The molecule has 0 bridgehead atoms. The fourth-order valence-corrected chi connectivity index (χ4v) is 2.91. The molecule has 102 valence electrons. The molecule has 0 radical (unpaired) electrons. The first-order chi connectivity index (χ1) is 8.04. The highest BCUT2D eigenvalue weighted by atomic mass is 16.3. The van der Waals surface area contributed by atoms with Crippen molar-refractivity contribution in [3.05, 3.63) is 0 Å². The molecule has 0 heterocycles. The van der Waals surface area contributed by atoms with E-state index in [1.165, 1.54) is 38.5 Å². The van der Waals surface area contributed by atoms with Gasteiger partial charge in [-0.25, -0.2) is 0 Å². The molecule has 1 aliphatic rings. The van der Waals surface area contributed by atoms with E-state index in [1.54, 1.807) is 0 Å². The van der Waals surface area contributed by atoms with Crippen LogP contribution in [0.4, 0.5) is 0 Å². The summed E-state index contributed by atoms with van der Waals surface area (Å²) in [6.07, 6.45) is 9.36. The van der Waals surface area contributed by atoms with Crippen molar-refractivity contribution in [1.29, 1.82) is 0 Å². The Hall–Kier alpha value is -0.0800. The molecule has 1 aliphatic carbocycles. The smallest absolute Gasteiger partial charge is 0.0446 e. The van der Waals surface area contributed by atoms with Crippen LogP contribution in [-0.2, 0) is 0 Å². The molecule has 0 aromatic heterocycles. The van der Waals surface area contributed by atoms with Crippen LogP contribution in [0.1, 0.15) is 65.7 Å². The van der Waals surface area contributed by atoms with Gasteiger partial charge in [0.1, 0.15) is 0 Å². The zero-order valence-electron chi connectivity index (χ0n) is 12.0. The van der Waals surface area contributed by atoms with Crippen molar-refractivity contribution >= 4 is 0 Å². The second-order valence-electron chi connectivity index (χ2n) is 6.68. The van der Waals surface area contributed by atoms with E-state index in [2.05, 4.69) is 26.1 Å². The maximum Gasteiger partial charge on any atom is 0.0446 e. The molecule has 1 atom stereocenters. The Morgan fingerprint density at radius 2 is 1.82 bits per heavy atom. The van der Waals surface area contributed by atoms with E-state index in [1.807, 2.05) is 0 Å². The molecule has 0 aliphatic heterocycles. The van der Waals surface area contributed by atoms with Gasteiger partial charge in [0.25, 0.3) is 0 Å². The standard InChI is InChI=1S/C15H31NO/c1-15(2,3)14(10-12-17)16-11-9-13-7-5-4-6-8-13/h13-14,16-17H,4-12H2,1-3H3. The zero-order valence-corrected chi connectivity index (χ0v) is 12.0.